The van der Waals surface area contributed by atoms with Crippen molar-refractivity contribution in [1.29, 1.82) is 5.26 Å². The van der Waals surface area contributed by atoms with Crippen molar-refractivity contribution in [2.24, 2.45) is 0 Å². The molecule has 0 aromatic heterocycles. The summed E-state index contributed by atoms with van der Waals surface area (Å²) in [6.07, 6.45) is 1.56. The molecule has 8 heteroatoms. The van der Waals surface area contributed by atoms with Gasteiger partial charge < -0.3 is 10.1 Å². The van der Waals surface area contributed by atoms with Crippen LogP contribution in [0.4, 0.5) is 5.69 Å². The number of halogens is 4. The van der Waals surface area contributed by atoms with E-state index in [1.807, 2.05) is 42.5 Å². The summed E-state index contributed by atoms with van der Waals surface area (Å²) in [4.78, 5) is 12.4. The average Bonchev–Trinajstić information content (AvgIpc) is 2.74. The SMILES string of the molecule is N#C/C(=C\c1cc(I)c(OCc2ccc(Cl)c(Cl)c2)c(I)c1)C(=O)Nc1ccccc1. The Kier molecular flexibility index (Phi) is 8.60. The fraction of sp³-hybridized carbons (Fsp3) is 0.0435. The molecule has 0 saturated heterocycles. The zero-order valence-corrected chi connectivity index (χ0v) is 21.7. The number of nitriles is 1. The number of amides is 1. The molecular formula is C23H14Cl2I2N2O2. The molecule has 3 rings (SSSR count). The first kappa shape index (κ1) is 23.9. The second-order valence-corrected chi connectivity index (χ2v) is 9.48. The van der Waals surface area contributed by atoms with Crippen molar-refractivity contribution in [3.8, 4) is 11.8 Å². The van der Waals surface area contributed by atoms with E-state index in [9.17, 15) is 10.1 Å². The zero-order valence-electron chi connectivity index (χ0n) is 15.8. The third kappa shape index (κ3) is 6.59. The van der Waals surface area contributed by atoms with Crippen LogP contribution >= 0.6 is 68.4 Å². The highest BCUT2D eigenvalue weighted by Gasteiger charge is 2.13. The van der Waals surface area contributed by atoms with Gasteiger partial charge in [-0.3, -0.25) is 4.79 Å². The van der Waals surface area contributed by atoms with E-state index in [1.54, 1.807) is 30.3 Å². The topological polar surface area (TPSA) is 62.1 Å². The maximum absolute atomic E-state index is 12.4. The fourth-order valence-corrected chi connectivity index (χ4v) is 5.07. The van der Waals surface area contributed by atoms with Gasteiger partial charge in [-0.25, -0.2) is 0 Å². The van der Waals surface area contributed by atoms with Crippen molar-refractivity contribution in [3.05, 3.63) is 94.5 Å². The van der Waals surface area contributed by atoms with Crippen LogP contribution in [0.15, 0.2) is 66.2 Å². The minimum Gasteiger partial charge on any atom is -0.487 e. The van der Waals surface area contributed by atoms with Gasteiger partial charge in [-0.2, -0.15) is 5.26 Å². The van der Waals surface area contributed by atoms with Gasteiger partial charge in [0, 0.05) is 5.69 Å². The van der Waals surface area contributed by atoms with Crippen LogP contribution < -0.4 is 10.1 Å². The summed E-state index contributed by atoms with van der Waals surface area (Å²) >= 11 is 16.4. The smallest absolute Gasteiger partial charge is 0.266 e. The summed E-state index contributed by atoms with van der Waals surface area (Å²) in [6.45, 7) is 0.334. The summed E-state index contributed by atoms with van der Waals surface area (Å²) in [5.74, 6) is 0.260. The molecule has 0 bridgehead atoms. The third-order valence-electron chi connectivity index (χ3n) is 4.10. The standard InChI is InChI=1S/C23H14Cl2I2N2O2/c24-18-7-6-14(9-19(18)25)13-31-22-20(26)10-15(11-21(22)27)8-16(12-28)23(30)29-17-4-2-1-3-5-17/h1-11H,13H2,(H,29,30)/b16-8+. The molecule has 0 atom stereocenters. The molecule has 3 aromatic carbocycles. The number of rotatable bonds is 6. The van der Waals surface area contributed by atoms with Crippen molar-refractivity contribution in [3.63, 3.8) is 0 Å². The molecule has 4 nitrogen and oxygen atoms in total. The number of nitrogens with one attached hydrogen (secondary N) is 1. The first-order chi connectivity index (χ1) is 14.9. The summed E-state index contributed by atoms with van der Waals surface area (Å²) in [5, 5.41) is 13.1. The molecule has 156 valence electrons. The minimum atomic E-state index is -0.460. The highest BCUT2D eigenvalue weighted by atomic mass is 127. The van der Waals surface area contributed by atoms with Gasteiger partial charge in [0.2, 0.25) is 0 Å². The van der Waals surface area contributed by atoms with Crippen LogP contribution in [-0.4, -0.2) is 5.91 Å². The molecule has 0 fully saturated rings. The number of nitrogens with zero attached hydrogens (tertiary/aromatic N) is 1. The van der Waals surface area contributed by atoms with E-state index >= 15 is 0 Å². The first-order valence-corrected chi connectivity index (χ1v) is 11.8. The number of hydrogen-bond donors (Lipinski definition) is 1. The Morgan fingerprint density at radius 3 is 2.32 bits per heavy atom. The summed E-state index contributed by atoms with van der Waals surface area (Å²) in [6, 6.07) is 20.1. The van der Waals surface area contributed by atoms with Crippen LogP contribution in [0.25, 0.3) is 6.08 Å². The highest BCUT2D eigenvalue weighted by Crippen LogP contribution is 2.31. The molecular weight excluding hydrogens is 661 g/mol. The van der Waals surface area contributed by atoms with E-state index in [1.165, 1.54) is 0 Å². The van der Waals surface area contributed by atoms with E-state index in [0.717, 1.165) is 24.0 Å². The summed E-state index contributed by atoms with van der Waals surface area (Å²) in [7, 11) is 0. The van der Waals surface area contributed by atoms with Crippen molar-refractivity contribution in [1.82, 2.24) is 0 Å². The maximum Gasteiger partial charge on any atom is 0.266 e. The van der Waals surface area contributed by atoms with Crippen molar-refractivity contribution >= 4 is 86.1 Å². The van der Waals surface area contributed by atoms with E-state index in [0.29, 0.717) is 22.3 Å². The lowest BCUT2D eigenvalue weighted by atomic mass is 10.1. The third-order valence-corrected chi connectivity index (χ3v) is 6.44. The predicted molar refractivity (Wildman–Crippen MR) is 141 cm³/mol. The van der Waals surface area contributed by atoms with Gasteiger partial charge in [0.25, 0.3) is 5.91 Å². The van der Waals surface area contributed by atoms with Crippen LogP contribution in [-0.2, 0) is 11.4 Å². The lowest BCUT2D eigenvalue weighted by Crippen LogP contribution is -2.13. The number of carbonyl (C=O) groups excluding carboxylic acids is 1. The summed E-state index contributed by atoms with van der Waals surface area (Å²) in [5.41, 5.74) is 2.27. The van der Waals surface area contributed by atoms with Gasteiger partial charge in [0.05, 0.1) is 17.2 Å². The van der Waals surface area contributed by atoms with Gasteiger partial charge in [-0.1, -0.05) is 47.5 Å². The monoisotopic (exact) mass is 674 g/mol. The Hall–Kier alpha value is -1.80. The Bertz CT molecular complexity index is 1170. The normalized spacial score (nSPS) is 11.0. The van der Waals surface area contributed by atoms with Crippen LogP contribution in [0.2, 0.25) is 10.0 Å². The number of ether oxygens (including phenoxy) is 1. The number of hydrogen-bond acceptors (Lipinski definition) is 3. The van der Waals surface area contributed by atoms with Crippen molar-refractivity contribution in [2.45, 2.75) is 6.61 Å². The largest absolute Gasteiger partial charge is 0.487 e. The minimum absolute atomic E-state index is 0.0138. The quantitative estimate of drug-likeness (QED) is 0.169. The van der Waals surface area contributed by atoms with Crippen molar-refractivity contribution < 1.29 is 9.53 Å². The molecule has 0 unspecified atom stereocenters. The Morgan fingerprint density at radius 2 is 1.71 bits per heavy atom. The molecule has 1 amide bonds. The van der Waals surface area contributed by atoms with E-state index < -0.39 is 5.91 Å². The van der Waals surface area contributed by atoms with Gasteiger partial charge >= 0.3 is 0 Å². The van der Waals surface area contributed by atoms with Gasteiger partial charge in [0.1, 0.15) is 24.0 Å². The molecule has 0 spiro atoms. The number of benzene rings is 3. The highest BCUT2D eigenvalue weighted by molar-refractivity contribution is 14.1. The van der Waals surface area contributed by atoms with Gasteiger partial charge in [0.15, 0.2) is 0 Å². The molecule has 0 aliphatic heterocycles. The van der Waals surface area contributed by atoms with E-state index in [4.69, 9.17) is 27.9 Å². The molecule has 0 aliphatic rings. The van der Waals surface area contributed by atoms with Gasteiger partial charge in [-0.05, 0) is 98.8 Å². The zero-order chi connectivity index (χ0) is 22.4. The van der Waals surface area contributed by atoms with Crippen molar-refractivity contribution in [2.75, 3.05) is 5.32 Å². The molecule has 0 radical (unpaired) electrons. The Morgan fingerprint density at radius 1 is 1.03 bits per heavy atom. The molecule has 3 aromatic rings. The second kappa shape index (κ2) is 11.2. The average molecular weight is 675 g/mol. The van der Waals surface area contributed by atoms with Crippen LogP contribution in [0, 0.1) is 18.5 Å². The second-order valence-electron chi connectivity index (χ2n) is 6.34. The maximum atomic E-state index is 12.4. The lowest BCUT2D eigenvalue weighted by molar-refractivity contribution is -0.112. The van der Waals surface area contributed by atoms with Gasteiger partial charge in [-0.15, -0.1) is 0 Å². The van der Waals surface area contributed by atoms with Crippen LogP contribution in [0.1, 0.15) is 11.1 Å². The number of para-hydroxylation sites is 1. The number of anilines is 1. The summed E-state index contributed by atoms with van der Waals surface area (Å²) < 4.78 is 7.70. The van der Waals surface area contributed by atoms with E-state index in [2.05, 4.69) is 50.5 Å². The Balaban J connectivity index is 1.77. The Labute approximate surface area is 217 Å². The molecule has 1 N–H and O–H groups in total. The van der Waals surface area contributed by atoms with E-state index in [-0.39, 0.29) is 5.57 Å². The molecule has 0 saturated carbocycles. The first-order valence-electron chi connectivity index (χ1n) is 8.91. The predicted octanol–water partition coefficient (Wildman–Crippen LogP) is 7.33. The van der Waals surface area contributed by atoms with Crippen LogP contribution in [0.3, 0.4) is 0 Å². The number of carbonyl (C=O) groups is 1. The fourth-order valence-electron chi connectivity index (χ4n) is 2.62. The molecule has 0 aliphatic carbocycles. The van der Waals surface area contributed by atoms with Crippen LogP contribution in [0.5, 0.6) is 5.75 Å². The molecule has 31 heavy (non-hydrogen) atoms. The molecule has 0 heterocycles. The lowest BCUT2D eigenvalue weighted by Gasteiger charge is -2.12.